The van der Waals surface area contributed by atoms with Crippen LogP contribution in [0.25, 0.3) is 11.0 Å². The van der Waals surface area contributed by atoms with E-state index in [1.165, 1.54) is 13.0 Å². The highest BCUT2D eigenvalue weighted by atomic mass is 16.6. The lowest BCUT2D eigenvalue weighted by Gasteiger charge is -2.04. The van der Waals surface area contributed by atoms with Gasteiger partial charge in [-0.3, -0.25) is 19.9 Å². The van der Waals surface area contributed by atoms with Crippen LogP contribution in [0.3, 0.4) is 0 Å². The molecule has 0 aliphatic carbocycles. The number of nitrogens with one attached hydrogen (secondary N) is 3. The quantitative estimate of drug-likeness (QED) is 0.310. The largest absolute Gasteiger partial charge is 0.494 e. The van der Waals surface area contributed by atoms with Gasteiger partial charge in [-0.2, -0.15) is 5.26 Å². The Balaban J connectivity index is 2.19. The normalized spacial score (nSPS) is 11.1. The van der Waals surface area contributed by atoms with E-state index >= 15 is 0 Å². The Labute approximate surface area is 143 Å². The number of imidazole rings is 1. The summed E-state index contributed by atoms with van der Waals surface area (Å²) in [5.74, 6) is -0.519. The fraction of sp³-hybridized carbons (Fsp3) is 0.0667. The number of H-pyrrole nitrogens is 3. The number of hydrogen-bond donors (Lipinski definition) is 4. The summed E-state index contributed by atoms with van der Waals surface area (Å²) in [6, 6.07) is 4.17. The molecule has 4 N–H and O–H groups in total. The van der Waals surface area contributed by atoms with Crippen molar-refractivity contribution in [3.8, 4) is 11.9 Å². The van der Waals surface area contributed by atoms with Crippen molar-refractivity contribution in [3.05, 3.63) is 59.8 Å². The summed E-state index contributed by atoms with van der Waals surface area (Å²) in [5.41, 5.74) is -1.16. The highest BCUT2D eigenvalue weighted by Crippen LogP contribution is 2.31. The van der Waals surface area contributed by atoms with Crippen LogP contribution >= 0.6 is 0 Å². The number of benzene rings is 1. The number of nitro groups is 1. The molecule has 0 spiro atoms. The molecular formula is C15H10N6O5. The first-order valence-electron chi connectivity index (χ1n) is 7.12. The zero-order valence-corrected chi connectivity index (χ0v) is 13.2. The number of fused-ring (bicyclic) bond motifs is 1. The van der Waals surface area contributed by atoms with Crippen LogP contribution in [-0.2, 0) is 0 Å². The van der Waals surface area contributed by atoms with Crippen molar-refractivity contribution >= 4 is 28.6 Å². The Hall–Kier alpha value is -4.20. The number of aromatic hydroxyl groups is 1. The number of nitrogens with zero attached hydrogens (tertiary/aromatic N) is 3. The van der Waals surface area contributed by atoms with Crippen molar-refractivity contribution < 1.29 is 10.0 Å². The average molecular weight is 354 g/mol. The lowest BCUT2D eigenvalue weighted by molar-refractivity contribution is -0.383. The van der Waals surface area contributed by atoms with Crippen LogP contribution in [0.4, 0.5) is 11.4 Å². The van der Waals surface area contributed by atoms with E-state index in [4.69, 9.17) is 5.26 Å². The number of rotatable bonds is 3. The molecule has 0 atom stereocenters. The maximum absolute atomic E-state index is 11.6. The molecule has 11 heteroatoms. The third-order valence-electron chi connectivity index (χ3n) is 3.75. The van der Waals surface area contributed by atoms with Crippen LogP contribution in [0.2, 0.25) is 0 Å². The third kappa shape index (κ3) is 2.71. The molecule has 0 fully saturated rings. The zero-order chi connectivity index (χ0) is 19.0. The van der Waals surface area contributed by atoms with E-state index in [0.717, 1.165) is 12.3 Å². The zero-order valence-electron chi connectivity index (χ0n) is 13.2. The third-order valence-corrected chi connectivity index (χ3v) is 3.75. The maximum atomic E-state index is 11.6. The molecule has 0 unspecified atom stereocenters. The second kappa shape index (κ2) is 6.02. The molecule has 0 radical (unpaired) electrons. The van der Waals surface area contributed by atoms with E-state index in [9.17, 15) is 24.8 Å². The second-order valence-corrected chi connectivity index (χ2v) is 5.31. The molecule has 2 aromatic heterocycles. The molecule has 0 aliphatic heterocycles. The minimum Gasteiger partial charge on any atom is -0.494 e. The van der Waals surface area contributed by atoms with Gasteiger partial charge in [0.25, 0.3) is 11.2 Å². The van der Waals surface area contributed by atoms with Gasteiger partial charge in [-0.05, 0) is 18.6 Å². The number of nitriles is 1. The standard InChI is InChI=1S/C15H10N6O5/c1-6-7(4-16)13(22)20-14(23)8(6)5-17-11-2-9-10(19-15(24)18-9)3-12(11)21(25)26/h2-3,5H,1H3,(H2,18,19,24)(H2,20,22,23). The molecule has 0 saturated heterocycles. The van der Waals surface area contributed by atoms with Crippen molar-refractivity contribution in [1.82, 2.24) is 15.0 Å². The Bertz CT molecular complexity index is 1240. The van der Waals surface area contributed by atoms with Crippen molar-refractivity contribution in [2.45, 2.75) is 6.92 Å². The number of nitro benzene ring substituents is 1. The minimum absolute atomic E-state index is 0.0399. The van der Waals surface area contributed by atoms with E-state index in [-0.39, 0.29) is 33.6 Å². The second-order valence-electron chi connectivity index (χ2n) is 5.31. The number of aromatic amines is 3. The predicted octanol–water partition coefficient (Wildman–Crippen LogP) is 1.09. The summed E-state index contributed by atoms with van der Waals surface area (Å²) >= 11 is 0. The van der Waals surface area contributed by atoms with Crippen molar-refractivity contribution in [3.63, 3.8) is 0 Å². The van der Waals surface area contributed by atoms with Crippen LogP contribution < -0.4 is 11.2 Å². The van der Waals surface area contributed by atoms with Gasteiger partial charge < -0.3 is 15.1 Å². The van der Waals surface area contributed by atoms with Gasteiger partial charge in [0, 0.05) is 12.3 Å². The lowest BCUT2D eigenvalue weighted by atomic mass is 10.1. The van der Waals surface area contributed by atoms with E-state index in [0.29, 0.717) is 5.52 Å². The van der Waals surface area contributed by atoms with Crippen LogP contribution in [0.15, 0.2) is 26.7 Å². The Morgan fingerprint density at radius 1 is 1.27 bits per heavy atom. The molecule has 130 valence electrons. The van der Waals surface area contributed by atoms with Crippen LogP contribution in [0, 0.1) is 28.4 Å². The highest BCUT2D eigenvalue weighted by Gasteiger charge is 2.17. The fourth-order valence-corrected chi connectivity index (χ4v) is 2.46. The number of pyridine rings is 1. The smallest absolute Gasteiger partial charge is 0.323 e. The van der Waals surface area contributed by atoms with E-state index in [1.54, 1.807) is 6.07 Å². The van der Waals surface area contributed by atoms with Crippen LogP contribution in [0.1, 0.15) is 16.7 Å². The molecule has 0 amide bonds. The summed E-state index contributed by atoms with van der Waals surface area (Å²) in [4.78, 5) is 44.5. The summed E-state index contributed by atoms with van der Waals surface area (Å²) < 4.78 is 0. The van der Waals surface area contributed by atoms with Crippen LogP contribution in [-0.4, -0.2) is 31.2 Å². The minimum atomic E-state index is -0.753. The maximum Gasteiger partial charge on any atom is 0.323 e. The first-order valence-corrected chi connectivity index (χ1v) is 7.12. The Morgan fingerprint density at radius 3 is 2.54 bits per heavy atom. The Kier molecular flexibility index (Phi) is 3.86. The molecule has 11 nitrogen and oxygen atoms in total. The van der Waals surface area contributed by atoms with Gasteiger partial charge in [0.1, 0.15) is 17.3 Å². The predicted molar refractivity (Wildman–Crippen MR) is 91.0 cm³/mol. The van der Waals surface area contributed by atoms with E-state index < -0.39 is 22.1 Å². The number of aromatic nitrogens is 3. The van der Waals surface area contributed by atoms with Gasteiger partial charge in [-0.1, -0.05) is 0 Å². The first kappa shape index (κ1) is 16.7. The summed E-state index contributed by atoms with van der Waals surface area (Å²) in [6.07, 6.45) is 1.10. The number of hydrogen-bond acceptors (Lipinski definition) is 7. The molecule has 3 rings (SSSR count). The van der Waals surface area contributed by atoms with Crippen LogP contribution in [0.5, 0.6) is 5.88 Å². The lowest BCUT2D eigenvalue weighted by Crippen LogP contribution is -2.14. The van der Waals surface area contributed by atoms with Crippen molar-refractivity contribution in [2.75, 3.05) is 0 Å². The van der Waals surface area contributed by atoms with Gasteiger partial charge in [0.2, 0.25) is 5.88 Å². The summed E-state index contributed by atoms with van der Waals surface area (Å²) in [5, 5.41) is 30.1. The first-order chi connectivity index (χ1) is 12.3. The molecule has 1 aromatic carbocycles. The molecule has 3 aromatic rings. The highest BCUT2D eigenvalue weighted by molar-refractivity contribution is 5.90. The topological polar surface area (TPSA) is 181 Å². The Morgan fingerprint density at radius 2 is 1.92 bits per heavy atom. The van der Waals surface area contributed by atoms with Gasteiger partial charge in [0.15, 0.2) is 0 Å². The molecule has 0 aliphatic rings. The van der Waals surface area contributed by atoms with Gasteiger partial charge in [-0.25, -0.2) is 9.79 Å². The monoisotopic (exact) mass is 354 g/mol. The van der Waals surface area contributed by atoms with Gasteiger partial charge in [0.05, 0.1) is 21.5 Å². The summed E-state index contributed by atoms with van der Waals surface area (Å²) in [7, 11) is 0. The number of aliphatic imine (C=N–C) groups is 1. The van der Waals surface area contributed by atoms with Crippen molar-refractivity contribution in [1.29, 1.82) is 5.26 Å². The van der Waals surface area contributed by atoms with E-state index in [1.807, 2.05) is 0 Å². The van der Waals surface area contributed by atoms with Gasteiger partial charge >= 0.3 is 5.69 Å². The van der Waals surface area contributed by atoms with Gasteiger partial charge in [-0.15, -0.1) is 0 Å². The molecular weight excluding hydrogens is 344 g/mol. The molecule has 26 heavy (non-hydrogen) atoms. The SMILES string of the molecule is Cc1c(C=Nc2cc3[nH]c(=O)[nH]c3cc2[N+](=O)[O-])c(O)[nH]c(=O)c1C#N. The summed E-state index contributed by atoms with van der Waals surface area (Å²) in [6.45, 7) is 1.44. The fourth-order valence-electron chi connectivity index (χ4n) is 2.46. The average Bonchev–Trinajstić information content (AvgIpc) is 2.92. The molecule has 0 saturated carbocycles. The van der Waals surface area contributed by atoms with Crippen molar-refractivity contribution in [2.24, 2.45) is 4.99 Å². The van der Waals surface area contributed by atoms with E-state index in [2.05, 4.69) is 19.9 Å². The molecule has 2 heterocycles. The molecule has 0 bridgehead atoms.